The average Bonchev–Trinajstić information content (AvgIpc) is 2.16. The van der Waals surface area contributed by atoms with Crippen molar-refractivity contribution >= 4 is 5.97 Å². The van der Waals surface area contributed by atoms with E-state index in [0.29, 0.717) is 0 Å². The van der Waals surface area contributed by atoms with Crippen molar-refractivity contribution in [1.82, 2.24) is 15.1 Å². The van der Waals surface area contributed by atoms with Gasteiger partial charge in [-0.1, -0.05) is 0 Å². The molecule has 0 spiro atoms. The van der Waals surface area contributed by atoms with E-state index in [1.165, 1.54) is 0 Å². The van der Waals surface area contributed by atoms with E-state index >= 15 is 0 Å². The zero-order valence-electron chi connectivity index (χ0n) is 8.44. The number of rotatable bonds is 1. The van der Waals surface area contributed by atoms with Crippen molar-refractivity contribution < 1.29 is 9.90 Å². The Morgan fingerprint density at radius 3 is 2.93 bits per heavy atom. The van der Waals surface area contributed by atoms with Crippen molar-refractivity contribution in [3.63, 3.8) is 0 Å². The van der Waals surface area contributed by atoms with Gasteiger partial charge in [-0.2, -0.15) is 0 Å². The molecule has 0 amide bonds. The third kappa shape index (κ3) is 1.75. The molecule has 2 aliphatic heterocycles. The van der Waals surface area contributed by atoms with Gasteiger partial charge < -0.3 is 15.3 Å². The minimum atomic E-state index is -0.727. The van der Waals surface area contributed by atoms with E-state index < -0.39 is 12.0 Å². The third-order valence-electron chi connectivity index (χ3n) is 3.15. The smallest absolute Gasteiger partial charge is 0.322 e. The minimum absolute atomic E-state index is 0.139. The Labute approximate surface area is 83.7 Å². The molecule has 0 bridgehead atoms. The Morgan fingerprint density at radius 2 is 2.21 bits per heavy atom. The molecule has 5 heteroatoms. The van der Waals surface area contributed by atoms with Crippen molar-refractivity contribution in [2.45, 2.75) is 12.1 Å². The summed E-state index contributed by atoms with van der Waals surface area (Å²) in [5.41, 5.74) is 0. The van der Waals surface area contributed by atoms with Gasteiger partial charge in [0.2, 0.25) is 0 Å². The molecule has 2 heterocycles. The second kappa shape index (κ2) is 3.84. The monoisotopic (exact) mass is 199 g/mol. The first-order valence-electron chi connectivity index (χ1n) is 5.07. The standard InChI is InChI=1S/C9H17N3O2/c1-11-4-5-12-3-2-10-8(9(13)14)7(12)6-11/h7-8,10H,2-6H2,1H3,(H,13,14). The third-order valence-corrected chi connectivity index (χ3v) is 3.15. The highest BCUT2D eigenvalue weighted by atomic mass is 16.4. The fourth-order valence-corrected chi connectivity index (χ4v) is 2.34. The quantitative estimate of drug-likeness (QED) is 0.547. The van der Waals surface area contributed by atoms with Gasteiger partial charge in [-0.15, -0.1) is 0 Å². The molecule has 2 saturated heterocycles. The number of hydrogen-bond donors (Lipinski definition) is 2. The highest BCUT2D eigenvalue weighted by Crippen LogP contribution is 2.15. The molecule has 2 unspecified atom stereocenters. The second-order valence-electron chi connectivity index (χ2n) is 4.14. The Morgan fingerprint density at radius 1 is 1.43 bits per heavy atom. The highest BCUT2D eigenvalue weighted by molar-refractivity contribution is 5.74. The summed E-state index contributed by atoms with van der Waals surface area (Å²) in [4.78, 5) is 15.5. The molecule has 2 aliphatic rings. The van der Waals surface area contributed by atoms with E-state index in [4.69, 9.17) is 5.11 Å². The van der Waals surface area contributed by atoms with E-state index in [0.717, 1.165) is 32.7 Å². The number of nitrogens with zero attached hydrogens (tertiary/aromatic N) is 2. The van der Waals surface area contributed by atoms with E-state index in [9.17, 15) is 4.79 Å². The number of carboxylic acid groups (broad SMARTS) is 1. The first-order valence-corrected chi connectivity index (χ1v) is 5.07. The van der Waals surface area contributed by atoms with Gasteiger partial charge in [0.25, 0.3) is 0 Å². The zero-order valence-corrected chi connectivity index (χ0v) is 8.44. The number of nitrogens with one attached hydrogen (secondary N) is 1. The Kier molecular flexibility index (Phi) is 2.71. The van der Waals surface area contributed by atoms with Gasteiger partial charge in [0, 0.05) is 38.8 Å². The van der Waals surface area contributed by atoms with Gasteiger partial charge in [-0.05, 0) is 7.05 Å². The zero-order chi connectivity index (χ0) is 10.1. The molecule has 80 valence electrons. The summed E-state index contributed by atoms with van der Waals surface area (Å²) >= 11 is 0. The number of hydrogen-bond acceptors (Lipinski definition) is 4. The predicted octanol–water partition coefficient (Wildman–Crippen LogP) is -1.34. The first kappa shape index (κ1) is 9.89. The lowest BCUT2D eigenvalue weighted by atomic mass is 10.0. The largest absolute Gasteiger partial charge is 0.480 e. The molecule has 0 aliphatic carbocycles. The molecule has 2 N–H and O–H groups in total. The van der Waals surface area contributed by atoms with Gasteiger partial charge in [-0.3, -0.25) is 9.69 Å². The number of likely N-dealkylation sites (N-methyl/N-ethyl adjacent to an activating group) is 1. The molecule has 0 radical (unpaired) electrons. The maximum absolute atomic E-state index is 11.0. The number of aliphatic carboxylic acids is 1. The molecule has 0 saturated carbocycles. The second-order valence-corrected chi connectivity index (χ2v) is 4.14. The van der Waals surface area contributed by atoms with Crippen LogP contribution in [-0.4, -0.2) is 72.7 Å². The summed E-state index contributed by atoms with van der Waals surface area (Å²) in [6, 6.07) is -0.258. The average molecular weight is 199 g/mol. The SMILES string of the molecule is CN1CCN2CCNC(C(=O)O)C2C1. The van der Waals surface area contributed by atoms with Crippen molar-refractivity contribution in [3.05, 3.63) is 0 Å². The van der Waals surface area contributed by atoms with Crippen molar-refractivity contribution in [2.24, 2.45) is 0 Å². The molecule has 0 aromatic carbocycles. The summed E-state index contributed by atoms with van der Waals surface area (Å²) in [5.74, 6) is -0.727. The molecule has 14 heavy (non-hydrogen) atoms. The normalized spacial score (nSPS) is 35.2. The number of carbonyl (C=O) groups is 1. The summed E-state index contributed by atoms with van der Waals surface area (Å²) in [6.45, 7) is 4.65. The van der Waals surface area contributed by atoms with Gasteiger partial charge in [0.05, 0.1) is 0 Å². The van der Waals surface area contributed by atoms with Crippen LogP contribution < -0.4 is 5.32 Å². The van der Waals surface area contributed by atoms with Crippen LogP contribution in [0.4, 0.5) is 0 Å². The molecule has 0 aromatic heterocycles. The van der Waals surface area contributed by atoms with Crippen LogP contribution in [0.3, 0.4) is 0 Å². The maximum atomic E-state index is 11.0. The Balaban J connectivity index is 2.08. The summed E-state index contributed by atoms with van der Waals surface area (Å²) in [6.07, 6.45) is 0. The van der Waals surface area contributed by atoms with Crippen LogP contribution in [0.1, 0.15) is 0 Å². The van der Waals surface area contributed by atoms with Crippen LogP contribution in [0, 0.1) is 0 Å². The number of fused-ring (bicyclic) bond motifs is 1. The predicted molar refractivity (Wildman–Crippen MR) is 52.3 cm³/mol. The van der Waals surface area contributed by atoms with E-state index in [1.54, 1.807) is 0 Å². The van der Waals surface area contributed by atoms with Crippen LogP contribution in [0.2, 0.25) is 0 Å². The fraction of sp³-hybridized carbons (Fsp3) is 0.889. The Bertz CT molecular complexity index is 234. The van der Waals surface area contributed by atoms with Crippen LogP contribution in [0.25, 0.3) is 0 Å². The summed E-state index contributed by atoms with van der Waals surface area (Å²) in [7, 11) is 2.05. The fourth-order valence-electron chi connectivity index (χ4n) is 2.34. The molecule has 2 rings (SSSR count). The van der Waals surface area contributed by atoms with E-state index in [-0.39, 0.29) is 6.04 Å². The first-order chi connectivity index (χ1) is 6.68. The van der Waals surface area contributed by atoms with Gasteiger partial charge in [-0.25, -0.2) is 0 Å². The van der Waals surface area contributed by atoms with Crippen LogP contribution in [0.15, 0.2) is 0 Å². The lowest BCUT2D eigenvalue weighted by Crippen LogP contribution is -2.67. The number of piperazine rings is 2. The molecular formula is C9H17N3O2. The van der Waals surface area contributed by atoms with Crippen LogP contribution in [-0.2, 0) is 4.79 Å². The topological polar surface area (TPSA) is 55.8 Å². The lowest BCUT2D eigenvalue weighted by Gasteiger charge is -2.45. The summed E-state index contributed by atoms with van der Waals surface area (Å²) in [5, 5.41) is 12.1. The molecule has 2 atom stereocenters. The van der Waals surface area contributed by atoms with Crippen LogP contribution in [0.5, 0.6) is 0 Å². The van der Waals surface area contributed by atoms with Gasteiger partial charge >= 0.3 is 5.97 Å². The van der Waals surface area contributed by atoms with E-state index in [2.05, 4.69) is 15.1 Å². The summed E-state index contributed by atoms with van der Waals surface area (Å²) < 4.78 is 0. The van der Waals surface area contributed by atoms with Crippen molar-refractivity contribution in [1.29, 1.82) is 0 Å². The molecule has 0 aromatic rings. The number of carboxylic acids is 1. The van der Waals surface area contributed by atoms with E-state index in [1.807, 2.05) is 7.05 Å². The molecule has 2 fully saturated rings. The van der Waals surface area contributed by atoms with Crippen molar-refractivity contribution in [3.8, 4) is 0 Å². The molecular weight excluding hydrogens is 182 g/mol. The van der Waals surface area contributed by atoms with Crippen LogP contribution >= 0.6 is 0 Å². The minimum Gasteiger partial charge on any atom is -0.480 e. The maximum Gasteiger partial charge on any atom is 0.322 e. The molecule has 5 nitrogen and oxygen atoms in total. The lowest BCUT2D eigenvalue weighted by molar-refractivity contribution is -0.143. The van der Waals surface area contributed by atoms with Crippen molar-refractivity contribution in [2.75, 3.05) is 39.8 Å². The van der Waals surface area contributed by atoms with Gasteiger partial charge in [0.15, 0.2) is 0 Å². The Hall–Kier alpha value is -0.650. The highest BCUT2D eigenvalue weighted by Gasteiger charge is 2.38. The van der Waals surface area contributed by atoms with Gasteiger partial charge in [0.1, 0.15) is 6.04 Å².